The number of aliphatic hydroxyl groups is 1. The van der Waals surface area contributed by atoms with Gasteiger partial charge in [-0.3, -0.25) is 0 Å². The molecule has 0 aromatic rings. The van der Waals surface area contributed by atoms with Crippen LogP contribution in [0.4, 0.5) is 0 Å². The Kier molecular flexibility index (Phi) is 6.69. The molecule has 0 aromatic carbocycles. The van der Waals surface area contributed by atoms with Gasteiger partial charge in [0, 0.05) is 0 Å². The van der Waals surface area contributed by atoms with Crippen LogP contribution in [-0.2, 0) is 9.47 Å². The molecule has 1 N–H and O–H groups in total. The van der Waals surface area contributed by atoms with Crippen LogP contribution in [0.1, 0.15) is 0 Å². The van der Waals surface area contributed by atoms with Crippen LogP contribution in [0.3, 0.4) is 0 Å². The lowest BCUT2D eigenvalue weighted by Gasteiger charge is -2.02. The third-order valence-electron chi connectivity index (χ3n) is 0.722. The first-order valence-electron chi connectivity index (χ1n) is 2.93. The minimum absolute atomic E-state index is 0.0296. The van der Waals surface area contributed by atoms with E-state index in [9.17, 15) is 0 Å². The molecule has 0 aliphatic rings. The number of hydrogen-bond donors (Lipinski definition) is 1. The van der Waals surface area contributed by atoms with E-state index in [-0.39, 0.29) is 11.8 Å². The largest absolute Gasteiger partial charge is 0.481 e. The second kappa shape index (κ2) is 6.86. The Morgan fingerprint density at radius 1 is 1.40 bits per heavy atom. The van der Waals surface area contributed by atoms with Crippen LogP contribution >= 0.6 is 11.6 Å². The summed E-state index contributed by atoms with van der Waals surface area (Å²) >= 11 is 5.27. The maximum absolute atomic E-state index is 8.27. The zero-order valence-corrected chi connectivity index (χ0v) is 6.43. The van der Waals surface area contributed by atoms with Crippen molar-refractivity contribution in [3.8, 4) is 0 Å². The van der Waals surface area contributed by atoms with Crippen LogP contribution in [0, 0.1) is 0 Å². The molecule has 0 heterocycles. The van der Waals surface area contributed by atoms with Gasteiger partial charge in [-0.2, -0.15) is 0 Å². The predicted octanol–water partition coefficient (Wildman–Crippen LogP) is 0.722. The van der Waals surface area contributed by atoms with Gasteiger partial charge in [-0.15, -0.1) is 0 Å². The highest BCUT2D eigenvalue weighted by Gasteiger charge is 1.88. The third-order valence-corrected chi connectivity index (χ3v) is 0.831. The summed E-state index contributed by atoms with van der Waals surface area (Å²) < 4.78 is 9.61. The lowest BCUT2D eigenvalue weighted by atomic mass is 10.7. The standard InChI is InChI=1S/C6H11ClO3/c1-6(7)10-5-4-9-3-2-8/h8H,1-5H2. The van der Waals surface area contributed by atoms with E-state index in [0.717, 1.165) is 0 Å². The van der Waals surface area contributed by atoms with Crippen LogP contribution in [0.5, 0.6) is 0 Å². The third kappa shape index (κ3) is 7.75. The molecule has 0 unspecified atom stereocenters. The van der Waals surface area contributed by atoms with Crippen molar-refractivity contribution in [1.82, 2.24) is 0 Å². The van der Waals surface area contributed by atoms with Gasteiger partial charge in [0.1, 0.15) is 6.61 Å². The number of ether oxygens (including phenoxy) is 2. The van der Waals surface area contributed by atoms with Crippen molar-refractivity contribution >= 4 is 11.6 Å². The zero-order valence-electron chi connectivity index (χ0n) is 5.68. The molecule has 0 aliphatic heterocycles. The first-order valence-corrected chi connectivity index (χ1v) is 3.31. The van der Waals surface area contributed by atoms with E-state index in [1.165, 1.54) is 0 Å². The number of hydrogen-bond acceptors (Lipinski definition) is 3. The van der Waals surface area contributed by atoms with Crippen molar-refractivity contribution in [1.29, 1.82) is 0 Å². The van der Waals surface area contributed by atoms with Crippen molar-refractivity contribution < 1.29 is 14.6 Å². The summed E-state index contributed by atoms with van der Waals surface area (Å²) in [6.07, 6.45) is 0. The minimum Gasteiger partial charge on any atom is -0.481 e. The summed E-state index contributed by atoms with van der Waals surface area (Å²) in [7, 11) is 0. The molecule has 0 saturated carbocycles. The first kappa shape index (κ1) is 9.75. The fourth-order valence-electron chi connectivity index (χ4n) is 0.378. The number of halogens is 1. The Morgan fingerprint density at radius 3 is 2.60 bits per heavy atom. The maximum Gasteiger partial charge on any atom is 0.179 e. The summed E-state index contributed by atoms with van der Waals surface area (Å²) in [5.74, 6) is 0. The predicted molar refractivity (Wildman–Crippen MR) is 38.8 cm³/mol. The minimum atomic E-state index is 0.0296. The van der Waals surface area contributed by atoms with E-state index < -0.39 is 0 Å². The van der Waals surface area contributed by atoms with Crippen LogP contribution < -0.4 is 0 Å². The Morgan fingerprint density at radius 2 is 2.10 bits per heavy atom. The molecule has 0 radical (unpaired) electrons. The zero-order chi connectivity index (χ0) is 7.82. The molecule has 0 spiro atoms. The van der Waals surface area contributed by atoms with Gasteiger partial charge in [0.2, 0.25) is 0 Å². The highest BCUT2D eigenvalue weighted by molar-refractivity contribution is 6.27. The molecule has 10 heavy (non-hydrogen) atoms. The number of rotatable bonds is 6. The molecule has 0 bridgehead atoms. The van der Waals surface area contributed by atoms with Crippen LogP contribution in [0.25, 0.3) is 0 Å². The van der Waals surface area contributed by atoms with Crippen molar-refractivity contribution in [2.45, 2.75) is 0 Å². The molecular formula is C6H11ClO3. The summed E-state index contributed by atoms with van der Waals surface area (Å²) in [5, 5.41) is 8.43. The summed E-state index contributed by atoms with van der Waals surface area (Å²) in [5.41, 5.74) is 0. The average molecular weight is 167 g/mol. The fraction of sp³-hybridized carbons (Fsp3) is 0.667. The van der Waals surface area contributed by atoms with Gasteiger partial charge in [-0.05, 0) is 18.2 Å². The van der Waals surface area contributed by atoms with E-state index in [2.05, 4.69) is 6.58 Å². The Balaban J connectivity index is 2.84. The summed E-state index contributed by atoms with van der Waals surface area (Å²) in [6, 6.07) is 0. The first-order chi connectivity index (χ1) is 4.77. The van der Waals surface area contributed by atoms with Crippen molar-refractivity contribution in [2.24, 2.45) is 0 Å². The molecule has 0 rings (SSSR count). The highest BCUT2D eigenvalue weighted by Crippen LogP contribution is 1.96. The van der Waals surface area contributed by atoms with Gasteiger partial charge in [-0.25, -0.2) is 0 Å². The monoisotopic (exact) mass is 166 g/mol. The quantitative estimate of drug-likeness (QED) is 0.467. The van der Waals surface area contributed by atoms with Crippen molar-refractivity contribution in [3.05, 3.63) is 11.8 Å². The molecule has 0 fully saturated rings. The maximum atomic E-state index is 8.27. The van der Waals surface area contributed by atoms with E-state index in [1.807, 2.05) is 0 Å². The summed E-state index contributed by atoms with van der Waals surface area (Å²) in [4.78, 5) is 0. The van der Waals surface area contributed by atoms with E-state index in [1.54, 1.807) is 0 Å². The van der Waals surface area contributed by atoms with Crippen LogP contribution in [0.2, 0.25) is 0 Å². The molecule has 0 atom stereocenters. The van der Waals surface area contributed by atoms with Gasteiger partial charge in [0.05, 0.1) is 19.8 Å². The van der Waals surface area contributed by atoms with E-state index in [4.69, 9.17) is 26.2 Å². The molecule has 0 saturated heterocycles. The lowest BCUT2D eigenvalue weighted by Crippen LogP contribution is -2.05. The smallest absolute Gasteiger partial charge is 0.179 e. The van der Waals surface area contributed by atoms with Crippen molar-refractivity contribution in [3.63, 3.8) is 0 Å². The van der Waals surface area contributed by atoms with E-state index >= 15 is 0 Å². The SMILES string of the molecule is C=C(Cl)OCCOCCO. The molecule has 0 amide bonds. The van der Waals surface area contributed by atoms with Crippen LogP contribution in [0.15, 0.2) is 11.8 Å². The topological polar surface area (TPSA) is 38.7 Å². The van der Waals surface area contributed by atoms with Gasteiger partial charge in [0.25, 0.3) is 0 Å². The fourth-order valence-corrected chi connectivity index (χ4v) is 0.455. The Labute approximate surface area is 65.2 Å². The molecule has 4 heteroatoms. The van der Waals surface area contributed by atoms with Gasteiger partial charge in [0.15, 0.2) is 5.22 Å². The van der Waals surface area contributed by atoms with Gasteiger partial charge >= 0.3 is 0 Å². The van der Waals surface area contributed by atoms with Crippen molar-refractivity contribution in [2.75, 3.05) is 26.4 Å². The van der Waals surface area contributed by atoms with Gasteiger partial charge in [-0.1, -0.05) is 0 Å². The summed E-state index contributed by atoms with van der Waals surface area (Å²) in [6.45, 7) is 4.47. The molecule has 60 valence electrons. The molecular weight excluding hydrogens is 156 g/mol. The number of aliphatic hydroxyl groups excluding tert-OH is 1. The van der Waals surface area contributed by atoms with Gasteiger partial charge < -0.3 is 14.6 Å². The Bertz CT molecular complexity index is 95.0. The highest BCUT2D eigenvalue weighted by atomic mass is 35.5. The normalized spacial score (nSPS) is 9.40. The Hall–Kier alpha value is -0.250. The van der Waals surface area contributed by atoms with E-state index in [0.29, 0.717) is 19.8 Å². The lowest BCUT2D eigenvalue weighted by molar-refractivity contribution is 0.0581. The average Bonchev–Trinajstić information content (AvgIpc) is 1.87. The second-order valence-corrected chi connectivity index (χ2v) is 1.96. The van der Waals surface area contributed by atoms with Crippen LogP contribution in [-0.4, -0.2) is 31.5 Å². The second-order valence-electron chi connectivity index (χ2n) is 1.54. The molecule has 0 aromatic heterocycles. The molecule has 3 nitrogen and oxygen atoms in total. The molecule has 0 aliphatic carbocycles.